The summed E-state index contributed by atoms with van der Waals surface area (Å²) in [6.07, 6.45) is 7.22. The maximum Gasteiger partial charge on any atom is 0.302 e. The third-order valence-corrected chi connectivity index (χ3v) is 8.74. The van der Waals surface area contributed by atoms with Gasteiger partial charge in [0.25, 0.3) is 0 Å². The molecule has 0 amide bonds. The third kappa shape index (κ3) is 2.50. The van der Waals surface area contributed by atoms with E-state index in [2.05, 4.69) is 13.8 Å². The van der Waals surface area contributed by atoms with Crippen LogP contribution < -0.4 is 0 Å². The Morgan fingerprint density at radius 3 is 2.52 bits per heavy atom. The van der Waals surface area contributed by atoms with Gasteiger partial charge in [-0.1, -0.05) is 13.8 Å². The molecule has 4 aliphatic carbocycles. The minimum Gasteiger partial charge on any atom is -0.462 e. The molecule has 140 valence electrons. The number of hydrogen-bond acceptors (Lipinski definition) is 4. The van der Waals surface area contributed by atoms with E-state index in [9.17, 15) is 14.7 Å². The normalized spacial score (nSPS) is 52.1. The molecule has 0 unspecified atom stereocenters. The van der Waals surface area contributed by atoms with E-state index >= 15 is 0 Å². The number of carbonyl (C=O) groups excluding carboxylic acids is 2. The van der Waals surface area contributed by atoms with Crippen molar-refractivity contribution in [2.75, 3.05) is 0 Å². The maximum atomic E-state index is 12.0. The van der Waals surface area contributed by atoms with Crippen molar-refractivity contribution in [2.24, 2.45) is 34.5 Å². The van der Waals surface area contributed by atoms with Crippen molar-refractivity contribution in [3.05, 3.63) is 0 Å². The Bertz CT molecular complexity index is 586. The molecular formula is C21H32O4. The number of esters is 1. The summed E-state index contributed by atoms with van der Waals surface area (Å²) in [6, 6.07) is 0. The summed E-state index contributed by atoms with van der Waals surface area (Å²) in [5.74, 6) is 2.21. The standard InChI is InChI=1S/C21H32O4/c1-12(22)25-19-7-6-15-14-5-4-13-10-17(23)18(24)11-21(13,3)16(14)8-9-20(15,19)2/h13-16,18-19,24H,4-11H2,1-3H3/t13-,14-,15-,16-,18+,19-,20-,21-/m0/s1. The predicted octanol–water partition coefficient (Wildman–Crippen LogP) is 3.50. The lowest BCUT2D eigenvalue weighted by Crippen LogP contribution is -2.56. The summed E-state index contributed by atoms with van der Waals surface area (Å²) in [6.45, 7) is 6.20. The molecule has 4 fully saturated rings. The van der Waals surface area contributed by atoms with Crippen LogP contribution in [0, 0.1) is 34.5 Å². The van der Waals surface area contributed by atoms with Gasteiger partial charge >= 0.3 is 5.97 Å². The molecule has 25 heavy (non-hydrogen) atoms. The molecule has 4 aliphatic rings. The number of ketones is 1. The number of fused-ring (bicyclic) bond motifs is 5. The highest BCUT2D eigenvalue weighted by Crippen LogP contribution is 2.66. The van der Waals surface area contributed by atoms with E-state index in [1.807, 2.05) is 0 Å². The van der Waals surface area contributed by atoms with Gasteiger partial charge in [0.15, 0.2) is 5.78 Å². The van der Waals surface area contributed by atoms with Crippen LogP contribution in [0.2, 0.25) is 0 Å². The van der Waals surface area contributed by atoms with E-state index in [1.54, 1.807) is 0 Å². The molecule has 8 atom stereocenters. The topological polar surface area (TPSA) is 63.6 Å². The average Bonchev–Trinajstić information content (AvgIpc) is 2.85. The first-order valence-electron chi connectivity index (χ1n) is 10.1. The minimum atomic E-state index is -0.759. The molecule has 4 rings (SSSR count). The van der Waals surface area contributed by atoms with Gasteiger partial charge in [0, 0.05) is 18.8 Å². The van der Waals surface area contributed by atoms with Crippen LogP contribution in [0.3, 0.4) is 0 Å². The van der Waals surface area contributed by atoms with Crippen molar-refractivity contribution in [3.63, 3.8) is 0 Å². The third-order valence-electron chi connectivity index (χ3n) is 8.74. The number of rotatable bonds is 1. The molecule has 4 saturated carbocycles. The van der Waals surface area contributed by atoms with Gasteiger partial charge in [-0.05, 0) is 74.0 Å². The highest BCUT2D eigenvalue weighted by atomic mass is 16.5. The lowest BCUT2D eigenvalue weighted by molar-refractivity contribution is -0.167. The molecule has 4 heteroatoms. The fourth-order valence-electron chi connectivity index (χ4n) is 7.44. The molecule has 0 bridgehead atoms. The Labute approximate surface area is 150 Å². The second-order valence-corrected chi connectivity index (χ2v) is 9.77. The number of carbonyl (C=O) groups is 2. The Hall–Kier alpha value is -0.900. The quantitative estimate of drug-likeness (QED) is 0.737. The van der Waals surface area contributed by atoms with Crippen molar-refractivity contribution in [2.45, 2.75) is 84.3 Å². The van der Waals surface area contributed by atoms with Gasteiger partial charge in [-0.25, -0.2) is 0 Å². The first kappa shape index (κ1) is 17.5. The van der Waals surface area contributed by atoms with Crippen LogP contribution in [0.25, 0.3) is 0 Å². The van der Waals surface area contributed by atoms with Crippen LogP contribution in [0.15, 0.2) is 0 Å². The van der Waals surface area contributed by atoms with Crippen LogP contribution in [-0.2, 0) is 14.3 Å². The van der Waals surface area contributed by atoms with E-state index in [-0.39, 0.29) is 28.7 Å². The SMILES string of the molecule is CC(=O)O[C@H]1CC[C@H]2[C@@H]3CC[C@H]4CC(=O)[C@H](O)C[C@]4(C)[C@H]3CC[C@]12C. The Morgan fingerprint density at radius 1 is 1.08 bits per heavy atom. The highest BCUT2D eigenvalue weighted by molar-refractivity contribution is 5.84. The van der Waals surface area contributed by atoms with Crippen molar-refractivity contribution in [3.8, 4) is 0 Å². The molecule has 4 nitrogen and oxygen atoms in total. The molecule has 0 aliphatic heterocycles. The van der Waals surface area contributed by atoms with Crippen molar-refractivity contribution >= 4 is 11.8 Å². The molecule has 0 aromatic heterocycles. The number of hydrogen-bond donors (Lipinski definition) is 1. The van der Waals surface area contributed by atoms with Gasteiger partial charge in [-0.3, -0.25) is 9.59 Å². The fourth-order valence-corrected chi connectivity index (χ4v) is 7.44. The van der Waals surface area contributed by atoms with Crippen LogP contribution in [0.5, 0.6) is 0 Å². The smallest absolute Gasteiger partial charge is 0.302 e. The van der Waals surface area contributed by atoms with E-state index in [1.165, 1.54) is 13.3 Å². The van der Waals surface area contributed by atoms with E-state index in [0.29, 0.717) is 36.5 Å². The number of ether oxygens (including phenoxy) is 1. The summed E-state index contributed by atoms with van der Waals surface area (Å²) in [4.78, 5) is 23.6. The molecule has 0 aromatic carbocycles. The average molecular weight is 348 g/mol. The monoisotopic (exact) mass is 348 g/mol. The van der Waals surface area contributed by atoms with Crippen LogP contribution in [-0.4, -0.2) is 29.1 Å². The summed E-state index contributed by atoms with van der Waals surface area (Å²) in [5.41, 5.74) is 0.205. The number of aliphatic hydroxyl groups excluding tert-OH is 1. The molecule has 0 saturated heterocycles. The zero-order valence-electron chi connectivity index (χ0n) is 15.8. The molecule has 0 radical (unpaired) electrons. The summed E-state index contributed by atoms with van der Waals surface area (Å²) in [7, 11) is 0. The summed E-state index contributed by atoms with van der Waals surface area (Å²) < 4.78 is 5.70. The highest BCUT2D eigenvalue weighted by Gasteiger charge is 2.61. The van der Waals surface area contributed by atoms with Crippen molar-refractivity contribution < 1.29 is 19.4 Å². The lowest BCUT2D eigenvalue weighted by Gasteiger charge is -2.60. The Balaban J connectivity index is 1.59. The summed E-state index contributed by atoms with van der Waals surface area (Å²) in [5, 5.41) is 10.2. The first-order chi connectivity index (χ1) is 11.8. The molecular weight excluding hydrogens is 316 g/mol. The van der Waals surface area contributed by atoms with Crippen LogP contribution in [0.1, 0.15) is 72.1 Å². The van der Waals surface area contributed by atoms with Gasteiger partial charge in [0.2, 0.25) is 0 Å². The molecule has 0 spiro atoms. The first-order valence-corrected chi connectivity index (χ1v) is 10.1. The maximum absolute atomic E-state index is 12.0. The van der Waals surface area contributed by atoms with Gasteiger partial charge in [-0.2, -0.15) is 0 Å². The minimum absolute atomic E-state index is 0.0531. The fraction of sp³-hybridized carbons (Fsp3) is 0.905. The second kappa shape index (κ2) is 5.80. The molecule has 0 heterocycles. The van der Waals surface area contributed by atoms with Gasteiger partial charge in [-0.15, -0.1) is 0 Å². The van der Waals surface area contributed by atoms with Crippen LogP contribution >= 0.6 is 0 Å². The van der Waals surface area contributed by atoms with E-state index < -0.39 is 6.10 Å². The van der Waals surface area contributed by atoms with Gasteiger partial charge in [0.05, 0.1) is 0 Å². The summed E-state index contributed by atoms with van der Waals surface area (Å²) >= 11 is 0. The van der Waals surface area contributed by atoms with E-state index in [0.717, 1.165) is 32.1 Å². The zero-order valence-corrected chi connectivity index (χ0v) is 15.8. The Morgan fingerprint density at radius 2 is 1.80 bits per heavy atom. The number of Topliss-reactive ketones (excluding diaryl/α,β-unsaturated/α-hetero) is 1. The van der Waals surface area contributed by atoms with Gasteiger partial charge < -0.3 is 9.84 Å². The van der Waals surface area contributed by atoms with Gasteiger partial charge in [0.1, 0.15) is 12.2 Å². The largest absolute Gasteiger partial charge is 0.462 e. The molecule has 0 aromatic rings. The van der Waals surface area contributed by atoms with Crippen LogP contribution in [0.4, 0.5) is 0 Å². The van der Waals surface area contributed by atoms with E-state index in [4.69, 9.17) is 4.74 Å². The van der Waals surface area contributed by atoms with Crippen molar-refractivity contribution in [1.29, 1.82) is 0 Å². The Kier molecular flexibility index (Phi) is 4.06. The predicted molar refractivity (Wildman–Crippen MR) is 93.7 cm³/mol. The lowest BCUT2D eigenvalue weighted by atomic mass is 9.45. The second-order valence-electron chi connectivity index (χ2n) is 9.77. The number of aliphatic hydroxyl groups is 1. The van der Waals surface area contributed by atoms with Crippen molar-refractivity contribution in [1.82, 2.24) is 0 Å². The zero-order chi connectivity index (χ0) is 18.0. The molecule has 1 N–H and O–H groups in total.